The van der Waals surface area contributed by atoms with Gasteiger partial charge in [-0.2, -0.15) is 0 Å². The predicted molar refractivity (Wildman–Crippen MR) is 102 cm³/mol. The van der Waals surface area contributed by atoms with Gasteiger partial charge in [-0.25, -0.2) is 0 Å². The lowest BCUT2D eigenvalue weighted by Gasteiger charge is -2.21. The summed E-state index contributed by atoms with van der Waals surface area (Å²) in [4.78, 5) is 0. The number of anilines is 2. The summed E-state index contributed by atoms with van der Waals surface area (Å²) in [5.41, 5.74) is 24.9. The second-order valence-corrected chi connectivity index (χ2v) is 6.19. The highest BCUT2D eigenvalue weighted by Crippen LogP contribution is 2.35. The van der Waals surface area contributed by atoms with Gasteiger partial charge in [0.2, 0.25) is 0 Å². The maximum Gasteiger partial charge on any atom is 0.0337 e. The van der Waals surface area contributed by atoms with Crippen LogP contribution in [0.15, 0.2) is 83.6 Å². The topological polar surface area (TPSA) is 78.1 Å². The second kappa shape index (κ2) is 6.67. The molecule has 0 saturated heterocycles. The Morgan fingerprint density at radius 3 is 1.75 bits per heavy atom. The Kier molecular flexibility index (Phi) is 4.43. The molecule has 0 spiro atoms. The molecule has 3 nitrogen and oxygen atoms in total. The van der Waals surface area contributed by atoms with Gasteiger partial charge >= 0.3 is 0 Å². The SMILES string of the molecule is CC1=CC(C(c2ccc(N)cc2)c2ccc(N)cc2)=CCC=C1N. The Morgan fingerprint density at radius 1 is 0.750 bits per heavy atom. The predicted octanol–water partition coefficient (Wildman–Crippen LogP) is 4.10. The van der Waals surface area contributed by atoms with E-state index in [-0.39, 0.29) is 5.92 Å². The van der Waals surface area contributed by atoms with Crippen LogP contribution in [0, 0.1) is 0 Å². The molecule has 0 bridgehead atoms. The Balaban J connectivity index is 2.10. The third kappa shape index (κ3) is 3.35. The summed E-state index contributed by atoms with van der Waals surface area (Å²) in [7, 11) is 0. The monoisotopic (exact) mass is 317 g/mol. The van der Waals surface area contributed by atoms with Crippen LogP contribution in [0.5, 0.6) is 0 Å². The molecule has 3 heteroatoms. The van der Waals surface area contributed by atoms with Gasteiger partial charge in [0.25, 0.3) is 0 Å². The molecular formula is C21H23N3. The number of nitrogens with two attached hydrogens (primary N) is 3. The molecule has 0 saturated carbocycles. The molecule has 3 rings (SSSR count). The van der Waals surface area contributed by atoms with Gasteiger partial charge in [0.15, 0.2) is 0 Å². The summed E-state index contributed by atoms with van der Waals surface area (Å²) in [6.45, 7) is 2.05. The van der Waals surface area contributed by atoms with Crippen LogP contribution in [0.1, 0.15) is 30.4 Å². The van der Waals surface area contributed by atoms with Gasteiger partial charge in [0, 0.05) is 23.0 Å². The van der Waals surface area contributed by atoms with Gasteiger partial charge in [-0.05, 0) is 59.9 Å². The van der Waals surface area contributed by atoms with Crippen molar-refractivity contribution < 1.29 is 0 Å². The van der Waals surface area contributed by atoms with Crippen molar-refractivity contribution in [3.05, 3.63) is 94.7 Å². The van der Waals surface area contributed by atoms with Crippen LogP contribution < -0.4 is 17.2 Å². The maximum atomic E-state index is 6.08. The van der Waals surface area contributed by atoms with Gasteiger partial charge in [0.1, 0.15) is 0 Å². The fraction of sp³-hybridized carbons (Fsp3) is 0.143. The molecule has 0 atom stereocenters. The Labute approximate surface area is 143 Å². The number of nitrogen functional groups attached to an aromatic ring is 2. The number of hydrogen-bond acceptors (Lipinski definition) is 3. The first-order valence-electron chi connectivity index (χ1n) is 8.10. The third-order valence-electron chi connectivity index (χ3n) is 4.40. The van der Waals surface area contributed by atoms with Crippen molar-refractivity contribution in [1.29, 1.82) is 0 Å². The molecule has 0 aliphatic heterocycles. The van der Waals surface area contributed by atoms with Crippen LogP contribution in [-0.2, 0) is 0 Å². The molecule has 0 fully saturated rings. The fourth-order valence-corrected chi connectivity index (χ4v) is 3.03. The first-order chi connectivity index (χ1) is 11.5. The Bertz CT molecular complexity index is 764. The van der Waals surface area contributed by atoms with E-state index in [9.17, 15) is 0 Å². The van der Waals surface area contributed by atoms with Crippen LogP contribution in [0.4, 0.5) is 11.4 Å². The highest BCUT2D eigenvalue weighted by atomic mass is 14.6. The molecule has 1 aliphatic rings. The lowest BCUT2D eigenvalue weighted by Crippen LogP contribution is -2.05. The van der Waals surface area contributed by atoms with Crippen molar-refractivity contribution >= 4 is 11.4 Å². The fourth-order valence-electron chi connectivity index (χ4n) is 3.03. The molecule has 6 N–H and O–H groups in total. The number of benzene rings is 2. The molecule has 0 unspecified atom stereocenters. The minimum absolute atomic E-state index is 0.125. The van der Waals surface area contributed by atoms with Crippen molar-refractivity contribution in [2.45, 2.75) is 19.3 Å². The summed E-state index contributed by atoms with van der Waals surface area (Å²) in [5.74, 6) is 0.125. The van der Waals surface area contributed by atoms with Crippen molar-refractivity contribution in [2.75, 3.05) is 11.5 Å². The third-order valence-corrected chi connectivity index (χ3v) is 4.40. The molecule has 0 aromatic heterocycles. The largest absolute Gasteiger partial charge is 0.399 e. The van der Waals surface area contributed by atoms with E-state index in [1.807, 2.05) is 31.2 Å². The molecule has 122 valence electrons. The van der Waals surface area contributed by atoms with Gasteiger partial charge < -0.3 is 17.2 Å². The van der Waals surface area contributed by atoms with E-state index in [0.29, 0.717) is 0 Å². The summed E-state index contributed by atoms with van der Waals surface area (Å²) in [6, 6.07) is 16.1. The normalized spacial score (nSPS) is 14.7. The van der Waals surface area contributed by atoms with E-state index < -0.39 is 0 Å². The standard InChI is InChI=1S/C21H23N3/c1-14-13-17(3-2-4-20(14)24)21(15-5-9-18(22)10-6-15)16-7-11-19(23)12-8-16/h3-13,21H,2,22-24H2,1H3. The van der Waals surface area contributed by atoms with Gasteiger partial charge in [0.05, 0.1) is 0 Å². The summed E-state index contributed by atoms with van der Waals surface area (Å²) >= 11 is 0. The minimum Gasteiger partial charge on any atom is -0.399 e. The first kappa shape index (κ1) is 15.9. The van der Waals surface area contributed by atoms with Crippen LogP contribution in [-0.4, -0.2) is 0 Å². The summed E-state index contributed by atoms with van der Waals surface area (Å²) < 4.78 is 0. The van der Waals surface area contributed by atoms with Crippen LogP contribution in [0.25, 0.3) is 0 Å². The lowest BCUT2D eigenvalue weighted by molar-refractivity contribution is 0.968. The zero-order chi connectivity index (χ0) is 17.1. The van der Waals surface area contributed by atoms with E-state index >= 15 is 0 Å². The van der Waals surface area contributed by atoms with E-state index in [2.05, 4.69) is 42.5 Å². The van der Waals surface area contributed by atoms with Crippen LogP contribution in [0.3, 0.4) is 0 Å². The van der Waals surface area contributed by atoms with Crippen LogP contribution in [0.2, 0.25) is 0 Å². The molecule has 2 aromatic carbocycles. The maximum absolute atomic E-state index is 6.08. The van der Waals surface area contributed by atoms with E-state index in [1.165, 1.54) is 16.7 Å². The summed E-state index contributed by atoms with van der Waals surface area (Å²) in [6.07, 6.45) is 7.30. The number of hydrogen-bond donors (Lipinski definition) is 3. The molecule has 1 aliphatic carbocycles. The van der Waals surface area contributed by atoms with E-state index in [1.54, 1.807) is 0 Å². The average Bonchev–Trinajstić information content (AvgIpc) is 2.73. The molecule has 24 heavy (non-hydrogen) atoms. The zero-order valence-corrected chi connectivity index (χ0v) is 13.9. The van der Waals surface area contributed by atoms with Gasteiger partial charge in [-0.3, -0.25) is 0 Å². The highest BCUT2D eigenvalue weighted by Gasteiger charge is 2.19. The second-order valence-electron chi connectivity index (χ2n) is 6.19. The van der Waals surface area contributed by atoms with Crippen molar-refractivity contribution in [2.24, 2.45) is 5.73 Å². The van der Waals surface area contributed by atoms with Crippen molar-refractivity contribution in [3.63, 3.8) is 0 Å². The minimum atomic E-state index is 0.125. The van der Waals surface area contributed by atoms with Gasteiger partial charge in [-0.15, -0.1) is 0 Å². The van der Waals surface area contributed by atoms with Crippen molar-refractivity contribution in [1.82, 2.24) is 0 Å². The number of allylic oxidation sites excluding steroid dienone is 5. The molecule has 0 heterocycles. The van der Waals surface area contributed by atoms with E-state index in [4.69, 9.17) is 17.2 Å². The molecule has 0 amide bonds. The quantitative estimate of drug-likeness (QED) is 0.746. The average molecular weight is 317 g/mol. The Morgan fingerprint density at radius 2 is 1.25 bits per heavy atom. The van der Waals surface area contributed by atoms with Crippen molar-refractivity contribution in [3.8, 4) is 0 Å². The summed E-state index contributed by atoms with van der Waals surface area (Å²) in [5, 5.41) is 0. The smallest absolute Gasteiger partial charge is 0.0337 e. The highest BCUT2D eigenvalue weighted by molar-refractivity contribution is 5.53. The number of rotatable bonds is 3. The Hall–Kier alpha value is -2.94. The first-order valence-corrected chi connectivity index (χ1v) is 8.10. The molecular weight excluding hydrogens is 294 g/mol. The van der Waals surface area contributed by atoms with Gasteiger partial charge in [-0.1, -0.05) is 42.5 Å². The van der Waals surface area contributed by atoms with E-state index in [0.717, 1.165) is 29.1 Å². The zero-order valence-electron chi connectivity index (χ0n) is 13.9. The molecule has 2 aromatic rings. The van der Waals surface area contributed by atoms with Crippen LogP contribution >= 0.6 is 0 Å². The lowest BCUT2D eigenvalue weighted by atomic mass is 9.83. The molecule has 0 radical (unpaired) electrons.